The molecule has 0 aromatic rings. The standard InChI is InChI=1S/C15H28N2O2/c1-3-19-15(18)11-13(2)17-10-7-14(12-17)16-8-5-4-6-9-16/h13-14H,3-12H2,1-2H3. The van der Waals surface area contributed by atoms with Gasteiger partial charge in [0.2, 0.25) is 0 Å². The van der Waals surface area contributed by atoms with E-state index in [1.54, 1.807) is 0 Å². The lowest BCUT2D eigenvalue weighted by molar-refractivity contribution is -0.144. The Kier molecular flexibility index (Phi) is 5.64. The summed E-state index contributed by atoms with van der Waals surface area (Å²) < 4.78 is 5.04. The summed E-state index contributed by atoms with van der Waals surface area (Å²) in [6, 6.07) is 1.03. The molecule has 2 aliphatic rings. The molecule has 0 aromatic heterocycles. The van der Waals surface area contributed by atoms with E-state index in [4.69, 9.17) is 4.74 Å². The second-order valence-corrected chi connectivity index (χ2v) is 5.89. The average molecular weight is 268 g/mol. The summed E-state index contributed by atoms with van der Waals surface area (Å²) >= 11 is 0. The molecule has 0 bridgehead atoms. The molecule has 19 heavy (non-hydrogen) atoms. The minimum Gasteiger partial charge on any atom is -0.466 e. The van der Waals surface area contributed by atoms with Crippen LogP contribution in [0.5, 0.6) is 0 Å². The molecule has 4 heteroatoms. The summed E-state index contributed by atoms with van der Waals surface area (Å²) in [6.45, 7) is 9.29. The van der Waals surface area contributed by atoms with Crippen LogP contribution in [0.2, 0.25) is 0 Å². The third-order valence-electron chi connectivity index (χ3n) is 4.49. The number of carbonyl (C=O) groups excluding carboxylic acids is 1. The second kappa shape index (κ2) is 7.25. The fourth-order valence-corrected chi connectivity index (χ4v) is 3.34. The van der Waals surface area contributed by atoms with E-state index >= 15 is 0 Å². The topological polar surface area (TPSA) is 32.8 Å². The second-order valence-electron chi connectivity index (χ2n) is 5.89. The summed E-state index contributed by atoms with van der Waals surface area (Å²) in [5.74, 6) is -0.0589. The first-order chi connectivity index (χ1) is 9.20. The number of hydrogen-bond acceptors (Lipinski definition) is 4. The Labute approximate surface area is 117 Å². The first-order valence-corrected chi connectivity index (χ1v) is 7.84. The first kappa shape index (κ1) is 14.8. The van der Waals surface area contributed by atoms with Gasteiger partial charge in [0, 0.05) is 25.2 Å². The Balaban J connectivity index is 1.75. The molecule has 0 radical (unpaired) electrons. The molecule has 4 nitrogen and oxygen atoms in total. The van der Waals surface area contributed by atoms with Gasteiger partial charge in [0.25, 0.3) is 0 Å². The fourth-order valence-electron chi connectivity index (χ4n) is 3.34. The third-order valence-corrected chi connectivity index (χ3v) is 4.49. The molecule has 0 saturated carbocycles. The van der Waals surface area contributed by atoms with Crippen molar-refractivity contribution < 1.29 is 9.53 Å². The van der Waals surface area contributed by atoms with Crippen LogP contribution < -0.4 is 0 Å². The Morgan fingerprint density at radius 3 is 2.68 bits per heavy atom. The van der Waals surface area contributed by atoms with Gasteiger partial charge in [-0.3, -0.25) is 14.6 Å². The first-order valence-electron chi connectivity index (χ1n) is 7.84. The lowest BCUT2D eigenvalue weighted by Gasteiger charge is -2.33. The van der Waals surface area contributed by atoms with Gasteiger partial charge in [-0.1, -0.05) is 6.42 Å². The molecule has 0 aliphatic carbocycles. The lowest BCUT2D eigenvalue weighted by Crippen LogP contribution is -2.42. The summed E-state index contributed by atoms with van der Waals surface area (Å²) in [4.78, 5) is 16.6. The molecule has 2 fully saturated rings. The van der Waals surface area contributed by atoms with Crippen molar-refractivity contribution in [1.82, 2.24) is 9.80 Å². The van der Waals surface area contributed by atoms with Gasteiger partial charge in [0.05, 0.1) is 13.0 Å². The highest BCUT2D eigenvalue weighted by Gasteiger charge is 2.31. The van der Waals surface area contributed by atoms with Gasteiger partial charge < -0.3 is 4.74 Å². The summed E-state index contributed by atoms with van der Waals surface area (Å²) in [5, 5.41) is 0. The molecule has 2 aliphatic heterocycles. The van der Waals surface area contributed by atoms with E-state index in [0.717, 1.165) is 13.1 Å². The summed E-state index contributed by atoms with van der Waals surface area (Å²) in [6.07, 6.45) is 5.89. The van der Waals surface area contributed by atoms with E-state index in [0.29, 0.717) is 25.1 Å². The maximum atomic E-state index is 11.5. The predicted octanol–water partition coefficient (Wildman–Crippen LogP) is 1.89. The Morgan fingerprint density at radius 2 is 2.00 bits per heavy atom. The van der Waals surface area contributed by atoms with Crippen LogP contribution in [0.3, 0.4) is 0 Å². The Bertz CT molecular complexity index is 290. The van der Waals surface area contributed by atoms with Gasteiger partial charge in [-0.25, -0.2) is 0 Å². The minimum atomic E-state index is -0.0589. The van der Waals surface area contributed by atoms with E-state index in [2.05, 4.69) is 16.7 Å². The summed E-state index contributed by atoms with van der Waals surface area (Å²) in [5.41, 5.74) is 0. The van der Waals surface area contributed by atoms with E-state index in [-0.39, 0.29) is 5.97 Å². The van der Waals surface area contributed by atoms with Crippen molar-refractivity contribution >= 4 is 5.97 Å². The van der Waals surface area contributed by atoms with Crippen molar-refractivity contribution in [2.75, 3.05) is 32.8 Å². The molecule has 0 N–H and O–H groups in total. The molecule has 0 spiro atoms. The van der Waals surface area contributed by atoms with Crippen LogP contribution in [0, 0.1) is 0 Å². The quantitative estimate of drug-likeness (QED) is 0.713. The highest BCUT2D eigenvalue weighted by molar-refractivity contribution is 5.70. The highest BCUT2D eigenvalue weighted by Crippen LogP contribution is 2.22. The fraction of sp³-hybridized carbons (Fsp3) is 0.933. The molecule has 2 heterocycles. The lowest BCUT2D eigenvalue weighted by atomic mass is 10.1. The smallest absolute Gasteiger partial charge is 0.307 e. The van der Waals surface area contributed by atoms with Crippen LogP contribution >= 0.6 is 0 Å². The molecule has 2 unspecified atom stereocenters. The minimum absolute atomic E-state index is 0.0589. The predicted molar refractivity (Wildman–Crippen MR) is 76.1 cm³/mol. The Morgan fingerprint density at radius 1 is 1.26 bits per heavy atom. The van der Waals surface area contributed by atoms with Crippen LogP contribution in [0.4, 0.5) is 0 Å². The van der Waals surface area contributed by atoms with Gasteiger partial charge >= 0.3 is 5.97 Å². The molecule has 2 rings (SSSR count). The number of nitrogens with zero attached hydrogens (tertiary/aromatic N) is 2. The Hall–Kier alpha value is -0.610. The molecule has 0 aromatic carbocycles. The molecule has 110 valence electrons. The number of rotatable bonds is 5. The van der Waals surface area contributed by atoms with Crippen LogP contribution in [0.1, 0.15) is 46.0 Å². The van der Waals surface area contributed by atoms with E-state index in [9.17, 15) is 4.79 Å². The van der Waals surface area contributed by atoms with Gasteiger partial charge in [-0.05, 0) is 46.2 Å². The largest absolute Gasteiger partial charge is 0.466 e. The van der Waals surface area contributed by atoms with Gasteiger partial charge in [0.1, 0.15) is 0 Å². The van der Waals surface area contributed by atoms with Gasteiger partial charge in [-0.2, -0.15) is 0 Å². The zero-order chi connectivity index (χ0) is 13.7. The van der Waals surface area contributed by atoms with Crippen molar-refractivity contribution in [2.24, 2.45) is 0 Å². The normalized spacial score (nSPS) is 27.4. The number of carbonyl (C=O) groups is 1. The maximum absolute atomic E-state index is 11.5. The average Bonchev–Trinajstić information content (AvgIpc) is 2.89. The van der Waals surface area contributed by atoms with Crippen molar-refractivity contribution in [1.29, 1.82) is 0 Å². The zero-order valence-corrected chi connectivity index (χ0v) is 12.4. The number of piperidine rings is 1. The highest BCUT2D eigenvalue weighted by atomic mass is 16.5. The van der Waals surface area contributed by atoms with Crippen molar-refractivity contribution in [2.45, 2.75) is 58.0 Å². The van der Waals surface area contributed by atoms with Crippen LogP contribution in [0.25, 0.3) is 0 Å². The molecule has 0 amide bonds. The van der Waals surface area contributed by atoms with Gasteiger partial charge in [-0.15, -0.1) is 0 Å². The zero-order valence-electron chi connectivity index (χ0n) is 12.4. The molecule has 2 atom stereocenters. The number of ether oxygens (including phenoxy) is 1. The van der Waals surface area contributed by atoms with Crippen LogP contribution in [-0.2, 0) is 9.53 Å². The molecular formula is C15H28N2O2. The number of likely N-dealkylation sites (tertiary alicyclic amines) is 2. The van der Waals surface area contributed by atoms with Crippen LogP contribution in [-0.4, -0.2) is 60.6 Å². The maximum Gasteiger partial charge on any atom is 0.307 e. The monoisotopic (exact) mass is 268 g/mol. The van der Waals surface area contributed by atoms with E-state index < -0.39 is 0 Å². The van der Waals surface area contributed by atoms with Crippen molar-refractivity contribution in [3.05, 3.63) is 0 Å². The number of esters is 1. The number of hydrogen-bond donors (Lipinski definition) is 0. The third kappa shape index (κ3) is 4.18. The summed E-state index contributed by atoms with van der Waals surface area (Å²) in [7, 11) is 0. The van der Waals surface area contributed by atoms with E-state index in [1.807, 2.05) is 6.92 Å². The van der Waals surface area contributed by atoms with Crippen molar-refractivity contribution in [3.8, 4) is 0 Å². The SMILES string of the molecule is CCOC(=O)CC(C)N1CCC(N2CCCCC2)C1. The van der Waals surface area contributed by atoms with Gasteiger partial charge in [0.15, 0.2) is 0 Å². The van der Waals surface area contributed by atoms with Crippen molar-refractivity contribution in [3.63, 3.8) is 0 Å². The van der Waals surface area contributed by atoms with E-state index in [1.165, 1.54) is 38.8 Å². The molecular weight excluding hydrogens is 240 g/mol. The van der Waals surface area contributed by atoms with Crippen LogP contribution in [0.15, 0.2) is 0 Å². The molecule has 2 saturated heterocycles.